The molecule has 0 radical (unpaired) electrons. The number of rotatable bonds is 1. The normalized spacial score (nSPS) is 21.6. The average Bonchev–Trinajstić information content (AvgIpc) is 2.52. The summed E-state index contributed by atoms with van der Waals surface area (Å²) in [5.41, 5.74) is 1.08. The van der Waals surface area contributed by atoms with E-state index in [4.69, 9.17) is 11.6 Å². The van der Waals surface area contributed by atoms with E-state index >= 15 is 0 Å². The van der Waals surface area contributed by atoms with Gasteiger partial charge in [0.05, 0.1) is 0 Å². The second kappa shape index (κ2) is 4.03. The molecule has 1 saturated carbocycles. The summed E-state index contributed by atoms with van der Waals surface area (Å²) in [4.78, 5) is 11.6. The predicted octanol–water partition coefficient (Wildman–Crippen LogP) is 3.94. The summed E-state index contributed by atoms with van der Waals surface area (Å²) in [5.74, 6) is 0.440. The van der Waals surface area contributed by atoms with E-state index in [1.54, 1.807) is 0 Å². The zero-order valence-corrected chi connectivity index (χ0v) is 9.94. The maximum absolute atomic E-state index is 11.6. The number of halogens is 2. The molecule has 1 aromatic carbocycles. The molecule has 1 aliphatic carbocycles. The molecule has 0 aliphatic heterocycles. The van der Waals surface area contributed by atoms with Crippen molar-refractivity contribution in [3.05, 3.63) is 33.3 Å². The Morgan fingerprint density at radius 1 is 1.43 bits per heavy atom. The van der Waals surface area contributed by atoms with Crippen LogP contribution in [0.5, 0.6) is 0 Å². The molecule has 0 heterocycles. The van der Waals surface area contributed by atoms with Crippen LogP contribution >= 0.6 is 27.5 Å². The molecule has 0 N–H and O–H groups in total. The van der Waals surface area contributed by atoms with Crippen molar-refractivity contribution in [2.75, 3.05) is 0 Å². The highest BCUT2D eigenvalue weighted by atomic mass is 79.9. The Kier molecular flexibility index (Phi) is 2.93. The number of hydrogen-bond acceptors (Lipinski definition) is 1. The molecule has 14 heavy (non-hydrogen) atoms. The highest BCUT2D eigenvalue weighted by Crippen LogP contribution is 2.36. The van der Waals surface area contributed by atoms with Gasteiger partial charge in [-0.25, -0.2) is 0 Å². The van der Waals surface area contributed by atoms with Crippen LogP contribution in [0.15, 0.2) is 22.7 Å². The first-order chi connectivity index (χ1) is 6.68. The Labute approximate surface area is 96.6 Å². The van der Waals surface area contributed by atoms with Crippen molar-refractivity contribution >= 4 is 33.3 Å². The van der Waals surface area contributed by atoms with Gasteiger partial charge >= 0.3 is 0 Å². The molecule has 0 bridgehead atoms. The number of carbonyl (C=O) groups is 1. The Morgan fingerprint density at radius 2 is 2.21 bits per heavy atom. The van der Waals surface area contributed by atoms with Crippen molar-refractivity contribution in [3.8, 4) is 0 Å². The van der Waals surface area contributed by atoms with Crippen LogP contribution in [-0.4, -0.2) is 5.78 Å². The lowest BCUT2D eigenvalue weighted by atomic mass is 9.97. The number of ketones is 1. The Morgan fingerprint density at radius 3 is 2.79 bits per heavy atom. The molecule has 1 atom stereocenters. The fourth-order valence-electron chi connectivity index (χ4n) is 1.93. The summed E-state index contributed by atoms with van der Waals surface area (Å²) in [6, 6.07) is 5.63. The van der Waals surface area contributed by atoms with Crippen LogP contribution in [0.3, 0.4) is 0 Å². The molecule has 2 rings (SSSR count). The van der Waals surface area contributed by atoms with Crippen LogP contribution in [-0.2, 0) is 4.79 Å². The number of hydrogen-bond donors (Lipinski definition) is 0. The maximum atomic E-state index is 11.6. The summed E-state index contributed by atoms with van der Waals surface area (Å²) < 4.78 is 0.949. The van der Waals surface area contributed by atoms with Crippen molar-refractivity contribution < 1.29 is 4.79 Å². The van der Waals surface area contributed by atoms with Gasteiger partial charge in [-0.2, -0.15) is 0 Å². The molecule has 1 unspecified atom stereocenters. The van der Waals surface area contributed by atoms with Crippen molar-refractivity contribution in [3.63, 3.8) is 0 Å². The molecule has 1 aliphatic rings. The first-order valence-electron chi connectivity index (χ1n) is 4.66. The lowest BCUT2D eigenvalue weighted by molar-refractivity contribution is -0.118. The van der Waals surface area contributed by atoms with Crippen molar-refractivity contribution in [2.45, 2.75) is 25.2 Å². The molecular weight excluding hydrogens is 263 g/mol. The summed E-state index contributed by atoms with van der Waals surface area (Å²) in [6.07, 6.45) is 2.71. The van der Waals surface area contributed by atoms with E-state index in [0.717, 1.165) is 29.3 Å². The summed E-state index contributed by atoms with van der Waals surface area (Å²) in [7, 11) is 0. The van der Waals surface area contributed by atoms with Crippen molar-refractivity contribution in [1.82, 2.24) is 0 Å². The van der Waals surface area contributed by atoms with Gasteiger partial charge in [-0.3, -0.25) is 4.79 Å². The van der Waals surface area contributed by atoms with E-state index in [1.807, 2.05) is 18.2 Å². The molecule has 3 heteroatoms. The second-order valence-corrected chi connectivity index (χ2v) is 4.87. The van der Waals surface area contributed by atoms with E-state index in [1.165, 1.54) is 0 Å². The van der Waals surface area contributed by atoms with E-state index in [2.05, 4.69) is 15.9 Å². The minimum atomic E-state index is 0.0849. The molecule has 0 saturated heterocycles. The van der Waals surface area contributed by atoms with E-state index in [-0.39, 0.29) is 5.92 Å². The lowest BCUT2D eigenvalue weighted by Crippen LogP contribution is -2.04. The highest BCUT2D eigenvalue weighted by molar-refractivity contribution is 9.10. The predicted molar refractivity (Wildman–Crippen MR) is 60.8 cm³/mol. The first-order valence-corrected chi connectivity index (χ1v) is 5.83. The second-order valence-electron chi connectivity index (χ2n) is 3.58. The van der Waals surface area contributed by atoms with Crippen LogP contribution in [0.4, 0.5) is 0 Å². The monoisotopic (exact) mass is 272 g/mol. The van der Waals surface area contributed by atoms with Gasteiger partial charge in [0.2, 0.25) is 0 Å². The average molecular weight is 274 g/mol. The topological polar surface area (TPSA) is 17.1 Å². The molecular formula is C11H10BrClO. The summed E-state index contributed by atoms with van der Waals surface area (Å²) in [6.45, 7) is 0. The van der Waals surface area contributed by atoms with Crippen LogP contribution in [0.1, 0.15) is 30.7 Å². The van der Waals surface area contributed by atoms with Gasteiger partial charge in [0, 0.05) is 21.8 Å². The van der Waals surface area contributed by atoms with Crippen molar-refractivity contribution in [2.24, 2.45) is 0 Å². The molecule has 0 aromatic heterocycles. The molecule has 74 valence electrons. The number of benzene rings is 1. The number of carbonyl (C=O) groups excluding carboxylic acids is 1. The number of Topliss-reactive ketones (excluding diaryl/α,β-unsaturated/α-hetero) is 1. The van der Waals surface area contributed by atoms with Crippen LogP contribution in [0, 0.1) is 0 Å². The van der Waals surface area contributed by atoms with Gasteiger partial charge in [0.25, 0.3) is 0 Å². The molecule has 1 nitrogen and oxygen atoms in total. The van der Waals surface area contributed by atoms with Gasteiger partial charge < -0.3 is 0 Å². The van der Waals surface area contributed by atoms with Crippen LogP contribution < -0.4 is 0 Å². The Hall–Kier alpha value is -0.340. The van der Waals surface area contributed by atoms with E-state index < -0.39 is 0 Å². The molecule has 0 amide bonds. The van der Waals surface area contributed by atoms with Gasteiger partial charge in [0.1, 0.15) is 5.78 Å². The smallest absolute Gasteiger partial charge is 0.140 e. The van der Waals surface area contributed by atoms with Gasteiger partial charge in [-0.05, 0) is 30.5 Å². The standard InChI is InChI=1S/C11H10BrClO/c12-10-6-7(13)4-5-8(10)9-2-1-3-11(9)14/h4-6,9H,1-3H2. The van der Waals surface area contributed by atoms with Crippen LogP contribution in [0.2, 0.25) is 5.02 Å². The van der Waals surface area contributed by atoms with E-state index in [9.17, 15) is 4.79 Å². The Balaban J connectivity index is 2.36. The van der Waals surface area contributed by atoms with Gasteiger partial charge in [-0.15, -0.1) is 0 Å². The highest BCUT2D eigenvalue weighted by Gasteiger charge is 2.27. The first kappa shape index (κ1) is 10.2. The molecule has 1 aromatic rings. The Bertz CT molecular complexity index is 376. The minimum absolute atomic E-state index is 0.0849. The summed E-state index contributed by atoms with van der Waals surface area (Å²) >= 11 is 9.29. The van der Waals surface area contributed by atoms with Gasteiger partial charge in [-0.1, -0.05) is 33.6 Å². The maximum Gasteiger partial charge on any atom is 0.140 e. The quantitative estimate of drug-likeness (QED) is 0.757. The summed E-state index contributed by atoms with van der Waals surface area (Å²) in [5, 5.41) is 0.700. The fraction of sp³-hybridized carbons (Fsp3) is 0.364. The third kappa shape index (κ3) is 1.86. The SMILES string of the molecule is O=C1CCCC1c1ccc(Cl)cc1Br. The lowest BCUT2D eigenvalue weighted by Gasteiger charge is -2.10. The molecule has 1 fully saturated rings. The largest absolute Gasteiger partial charge is 0.299 e. The van der Waals surface area contributed by atoms with Crippen LogP contribution in [0.25, 0.3) is 0 Å². The molecule has 0 spiro atoms. The van der Waals surface area contributed by atoms with Gasteiger partial charge in [0.15, 0.2) is 0 Å². The third-order valence-corrected chi connectivity index (χ3v) is 3.56. The third-order valence-electron chi connectivity index (χ3n) is 2.64. The zero-order chi connectivity index (χ0) is 10.1. The van der Waals surface area contributed by atoms with E-state index in [0.29, 0.717) is 10.8 Å². The fourth-order valence-corrected chi connectivity index (χ4v) is 2.89. The van der Waals surface area contributed by atoms with Crippen molar-refractivity contribution in [1.29, 1.82) is 0 Å². The minimum Gasteiger partial charge on any atom is -0.299 e. The zero-order valence-electron chi connectivity index (χ0n) is 7.59.